The Labute approximate surface area is 195 Å². The first-order valence-electron chi connectivity index (χ1n) is 11.6. The molecular weight excluding hydrogens is 412 g/mol. The summed E-state index contributed by atoms with van der Waals surface area (Å²) in [4.78, 5) is 27.5. The number of benzene rings is 2. The summed E-state index contributed by atoms with van der Waals surface area (Å²) in [7, 11) is 0. The summed E-state index contributed by atoms with van der Waals surface area (Å²) >= 11 is 0. The maximum atomic E-state index is 13.1. The summed E-state index contributed by atoms with van der Waals surface area (Å²) in [6.45, 7) is 7.08. The predicted molar refractivity (Wildman–Crippen MR) is 130 cm³/mol. The molecule has 0 radical (unpaired) electrons. The first-order valence-corrected chi connectivity index (χ1v) is 11.6. The Morgan fingerprint density at radius 2 is 1.73 bits per heavy atom. The Balaban J connectivity index is 1.52. The standard InChI is InChI=1S/C27H32N4O2/c1-18(2)23-15-24(30-29-23)25(32)31-14-4-13-27(17-31,26(28)33)16-20-7-11-22(12-8-20)21-9-5-19(3)6-10-21/h5-12,15,18H,4,13-14,16-17H2,1-3H3,(H2,28,33)(H,29,30)/t27-/m1/s1. The van der Waals surface area contributed by atoms with Crippen molar-refractivity contribution in [1.82, 2.24) is 15.1 Å². The monoisotopic (exact) mass is 444 g/mol. The highest BCUT2D eigenvalue weighted by molar-refractivity contribution is 5.93. The van der Waals surface area contributed by atoms with E-state index in [-0.39, 0.29) is 17.7 Å². The van der Waals surface area contributed by atoms with Crippen LogP contribution in [0, 0.1) is 12.3 Å². The fourth-order valence-electron chi connectivity index (χ4n) is 4.59. The fraction of sp³-hybridized carbons (Fsp3) is 0.370. The van der Waals surface area contributed by atoms with Crippen LogP contribution in [0.3, 0.4) is 0 Å². The third-order valence-corrected chi connectivity index (χ3v) is 6.71. The zero-order valence-electron chi connectivity index (χ0n) is 19.6. The van der Waals surface area contributed by atoms with Gasteiger partial charge >= 0.3 is 0 Å². The van der Waals surface area contributed by atoms with Crippen molar-refractivity contribution in [3.05, 3.63) is 77.1 Å². The number of carbonyl (C=O) groups excluding carboxylic acids is 2. The summed E-state index contributed by atoms with van der Waals surface area (Å²) in [5, 5.41) is 7.14. The molecule has 1 aliphatic heterocycles. The van der Waals surface area contributed by atoms with E-state index in [0.29, 0.717) is 31.6 Å². The molecule has 0 bridgehead atoms. The van der Waals surface area contributed by atoms with E-state index in [1.54, 1.807) is 11.0 Å². The molecule has 33 heavy (non-hydrogen) atoms. The van der Waals surface area contributed by atoms with E-state index >= 15 is 0 Å². The van der Waals surface area contributed by atoms with Crippen LogP contribution in [0.4, 0.5) is 0 Å². The zero-order chi connectivity index (χ0) is 23.6. The second kappa shape index (κ2) is 9.22. The molecule has 6 heteroatoms. The van der Waals surface area contributed by atoms with Gasteiger partial charge in [-0.25, -0.2) is 0 Å². The number of H-pyrrole nitrogens is 1. The number of aryl methyl sites for hydroxylation is 1. The number of hydrogen-bond acceptors (Lipinski definition) is 3. The van der Waals surface area contributed by atoms with Crippen molar-refractivity contribution in [3.8, 4) is 11.1 Å². The molecule has 4 rings (SSSR count). The molecule has 0 saturated carbocycles. The van der Waals surface area contributed by atoms with Crippen molar-refractivity contribution in [3.63, 3.8) is 0 Å². The molecule has 3 aromatic rings. The van der Waals surface area contributed by atoms with Crippen LogP contribution < -0.4 is 5.73 Å². The van der Waals surface area contributed by atoms with Gasteiger partial charge in [0.15, 0.2) is 0 Å². The highest BCUT2D eigenvalue weighted by Gasteiger charge is 2.42. The molecule has 1 aliphatic rings. The van der Waals surface area contributed by atoms with Gasteiger partial charge in [-0.3, -0.25) is 14.7 Å². The van der Waals surface area contributed by atoms with Gasteiger partial charge in [-0.05, 0) is 54.9 Å². The zero-order valence-corrected chi connectivity index (χ0v) is 19.6. The molecule has 1 fully saturated rings. The normalized spacial score (nSPS) is 18.5. The molecule has 172 valence electrons. The number of aromatic amines is 1. The van der Waals surface area contributed by atoms with Crippen molar-refractivity contribution in [2.24, 2.45) is 11.1 Å². The molecule has 1 saturated heterocycles. The Morgan fingerprint density at radius 1 is 1.09 bits per heavy atom. The van der Waals surface area contributed by atoms with Crippen molar-refractivity contribution in [2.75, 3.05) is 13.1 Å². The predicted octanol–water partition coefficient (Wildman–Crippen LogP) is 4.46. The minimum absolute atomic E-state index is 0.154. The highest BCUT2D eigenvalue weighted by atomic mass is 16.2. The van der Waals surface area contributed by atoms with E-state index < -0.39 is 5.41 Å². The Bertz CT molecular complexity index is 1130. The molecule has 0 unspecified atom stereocenters. The van der Waals surface area contributed by atoms with Gasteiger partial charge in [0.05, 0.1) is 5.41 Å². The number of hydrogen-bond donors (Lipinski definition) is 2. The lowest BCUT2D eigenvalue weighted by Gasteiger charge is -2.40. The number of piperidine rings is 1. The molecule has 2 aromatic carbocycles. The van der Waals surface area contributed by atoms with E-state index in [2.05, 4.69) is 65.7 Å². The smallest absolute Gasteiger partial charge is 0.274 e. The van der Waals surface area contributed by atoms with Crippen LogP contribution in [0.5, 0.6) is 0 Å². The summed E-state index contributed by atoms with van der Waals surface area (Å²) < 4.78 is 0. The van der Waals surface area contributed by atoms with Gasteiger partial charge in [0, 0.05) is 18.8 Å². The topological polar surface area (TPSA) is 92.1 Å². The molecule has 3 N–H and O–H groups in total. The largest absolute Gasteiger partial charge is 0.369 e. The van der Waals surface area contributed by atoms with Crippen molar-refractivity contribution < 1.29 is 9.59 Å². The number of nitrogens with zero attached hydrogens (tertiary/aromatic N) is 2. The second-order valence-corrected chi connectivity index (χ2v) is 9.58. The lowest BCUT2D eigenvalue weighted by molar-refractivity contribution is -0.130. The third-order valence-electron chi connectivity index (χ3n) is 6.71. The van der Waals surface area contributed by atoms with E-state index in [4.69, 9.17) is 5.73 Å². The van der Waals surface area contributed by atoms with Gasteiger partial charge in [0.2, 0.25) is 5.91 Å². The number of aromatic nitrogens is 2. The molecule has 0 aliphatic carbocycles. The number of rotatable bonds is 6. The van der Waals surface area contributed by atoms with Gasteiger partial charge in [-0.1, -0.05) is 67.9 Å². The Morgan fingerprint density at radius 3 is 2.30 bits per heavy atom. The van der Waals surface area contributed by atoms with Gasteiger partial charge in [-0.15, -0.1) is 0 Å². The van der Waals surface area contributed by atoms with Gasteiger partial charge in [-0.2, -0.15) is 5.10 Å². The van der Waals surface area contributed by atoms with Crippen LogP contribution in [0.2, 0.25) is 0 Å². The van der Waals surface area contributed by atoms with Crippen molar-refractivity contribution in [1.29, 1.82) is 0 Å². The van der Waals surface area contributed by atoms with Gasteiger partial charge in [0.25, 0.3) is 5.91 Å². The third kappa shape index (κ3) is 4.85. The molecular formula is C27H32N4O2. The van der Waals surface area contributed by atoms with Gasteiger partial charge in [0.1, 0.15) is 5.69 Å². The van der Waals surface area contributed by atoms with Crippen LogP contribution in [-0.4, -0.2) is 40.0 Å². The van der Waals surface area contributed by atoms with Crippen molar-refractivity contribution in [2.45, 2.75) is 46.0 Å². The number of carbonyl (C=O) groups is 2. The van der Waals surface area contributed by atoms with Crippen LogP contribution in [0.25, 0.3) is 11.1 Å². The van der Waals surface area contributed by atoms with E-state index in [1.165, 1.54) is 5.56 Å². The summed E-state index contributed by atoms with van der Waals surface area (Å²) in [5.74, 6) is -0.251. The first-order chi connectivity index (χ1) is 15.8. The number of primary amides is 1. The maximum absolute atomic E-state index is 13.1. The van der Waals surface area contributed by atoms with Crippen LogP contribution >= 0.6 is 0 Å². The maximum Gasteiger partial charge on any atom is 0.274 e. The highest BCUT2D eigenvalue weighted by Crippen LogP contribution is 2.35. The van der Waals surface area contributed by atoms with Crippen LogP contribution in [-0.2, 0) is 11.2 Å². The number of nitrogens with one attached hydrogen (secondary N) is 1. The summed E-state index contributed by atoms with van der Waals surface area (Å²) in [6, 6.07) is 18.5. The molecule has 6 nitrogen and oxygen atoms in total. The number of amides is 2. The van der Waals surface area contributed by atoms with E-state index in [9.17, 15) is 9.59 Å². The minimum atomic E-state index is -0.781. The summed E-state index contributed by atoms with van der Waals surface area (Å²) in [5.41, 5.74) is 11.0. The first kappa shape index (κ1) is 22.8. The molecule has 0 spiro atoms. The fourth-order valence-corrected chi connectivity index (χ4v) is 4.59. The number of likely N-dealkylation sites (tertiary alicyclic amines) is 1. The van der Waals surface area contributed by atoms with Crippen LogP contribution in [0.15, 0.2) is 54.6 Å². The van der Waals surface area contributed by atoms with E-state index in [0.717, 1.165) is 28.8 Å². The lowest BCUT2D eigenvalue weighted by Crippen LogP contribution is -2.53. The average Bonchev–Trinajstić information content (AvgIpc) is 3.30. The Kier molecular flexibility index (Phi) is 6.36. The summed E-state index contributed by atoms with van der Waals surface area (Å²) in [6.07, 6.45) is 1.92. The van der Waals surface area contributed by atoms with Crippen LogP contribution in [0.1, 0.15) is 59.9 Å². The minimum Gasteiger partial charge on any atom is -0.369 e. The quantitative estimate of drug-likeness (QED) is 0.588. The molecule has 2 amide bonds. The lowest BCUT2D eigenvalue weighted by atomic mass is 9.74. The second-order valence-electron chi connectivity index (χ2n) is 9.58. The molecule has 1 aromatic heterocycles. The number of nitrogens with two attached hydrogens (primary N) is 1. The van der Waals surface area contributed by atoms with E-state index in [1.807, 2.05) is 13.8 Å². The Hall–Kier alpha value is -3.41. The molecule has 1 atom stereocenters. The van der Waals surface area contributed by atoms with Crippen molar-refractivity contribution >= 4 is 11.8 Å². The SMILES string of the molecule is Cc1ccc(-c2ccc(C[C@]3(C(N)=O)CCCN(C(=O)c4cc(C(C)C)[nH]n4)C3)cc2)cc1. The molecule has 2 heterocycles. The average molecular weight is 445 g/mol. The van der Waals surface area contributed by atoms with Gasteiger partial charge < -0.3 is 10.6 Å².